The predicted octanol–water partition coefficient (Wildman–Crippen LogP) is 2.61. The number of carbonyl (C=O) groups excluding carboxylic acids is 1. The van der Waals surface area contributed by atoms with E-state index in [1.807, 2.05) is 17.0 Å². The lowest BCUT2D eigenvalue weighted by Crippen LogP contribution is -2.48. The fourth-order valence-electron chi connectivity index (χ4n) is 3.11. The number of aromatic nitrogens is 2. The van der Waals surface area contributed by atoms with Gasteiger partial charge in [0.25, 0.3) is 5.91 Å². The van der Waals surface area contributed by atoms with Crippen LogP contribution in [0, 0.1) is 5.82 Å². The van der Waals surface area contributed by atoms with Crippen LogP contribution >= 0.6 is 0 Å². The minimum Gasteiger partial charge on any atom is -0.471 e. The molecule has 0 unspecified atom stereocenters. The van der Waals surface area contributed by atoms with Crippen LogP contribution < -0.4 is 4.74 Å². The molecule has 8 heteroatoms. The maximum Gasteiger partial charge on any atom is 0.274 e. The maximum absolute atomic E-state index is 12.9. The molecule has 28 heavy (non-hydrogen) atoms. The van der Waals surface area contributed by atoms with E-state index in [-0.39, 0.29) is 18.5 Å². The Hall–Kier alpha value is -3.13. The number of furan rings is 1. The van der Waals surface area contributed by atoms with Crippen molar-refractivity contribution in [2.45, 2.75) is 13.3 Å². The summed E-state index contributed by atoms with van der Waals surface area (Å²) in [6.07, 6.45) is 3.37. The average molecular weight is 384 g/mol. The SMILES string of the molecule is O=C(c1ccn(COc2ccc(F)cc2)n1)N1CCN(Cc2ccco2)CC1. The summed E-state index contributed by atoms with van der Waals surface area (Å²) in [6.45, 7) is 3.79. The number of ether oxygens (including phenoxy) is 1. The molecule has 1 amide bonds. The van der Waals surface area contributed by atoms with Crippen LogP contribution in [0.1, 0.15) is 16.2 Å². The van der Waals surface area contributed by atoms with E-state index in [9.17, 15) is 9.18 Å². The fourth-order valence-corrected chi connectivity index (χ4v) is 3.11. The number of nitrogens with zero attached hydrogens (tertiary/aromatic N) is 4. The van der Waals surface area contributed by atoms with Crippen molar-refractivity contribution in [1.29, 1.82) is 0 Å². The first-order valence-corrected chi connectivity index (χ1v) is 9.13. The first-order valence-electron chi connectivity index (χ1n) is 9.13. The van der Waals surface area contributed by atoms with E-state index in [4.69, 9.17) is 9.15 Å². The summed E-state index contributed by atoms with van der Waals surface area (Å²) >= 11 is 0. The molecule has 1 aliphatic rings. The van der Waals surface area contributed by atoms with Gasteiger partial charge in [-0.3, -0.25) is 9.69 Å². The van der Waals surface area contributed by atoms with Crippen LogP contribution in [-0.4, -0.2) is 51.7 Å². The molecule has 1 saturated heterocycles. The van der Waals surface area contributed by atoms with Gasteiger partial charge in [0.05, 0.1) is 12.8 Å². The molecule has 1 fully saturated rings. The summed E-state index contributed by atoms with van der Waals surface area (Å²) in [4.78, 5) is 16.8. The molecule has 0 saturated carbocycles. The monoisotopic (exact) mass is 384 g/mol. The number of benzene rings is 1. The summed E-state index contributed by atoms with van der Waals surface area (Å²) in [7, 11) is 0. The van der Waals surface area contributed by atoms with Crippen LogP contribution in [-0.2, 0) is 13.3 Å². The van der Waals surface area contributed by atoms with Crippen molar-refractivity contribution in [2.75, 3.05) is 26.2 Å². The van der Waals surface area contributed by atoms with Crippen molar-refractivity contribution in [3.63, 3.8) is 0 Å². The summed E-state index contributed by atoms with van der Waals surface area (Å²) in [5.74, 6) is 1.07. The summed E-state index contributed by atoms with van der Waals surface area (Å²) < 4.78 is 25.4. The van der Waals surface area contributed by atoms with Gasteiger partial charge in [0.1, 0.15) is 17.3 Å². The smallest absolute Gasteiger partial charge is 0.274 e. The molecule has 0 atom stereocenters. The summed E-state index contributed by atoms with van der Waals surface area (Å²) in [5, 5.41) is 4.30. The van der Waals surface area contributed by atoms with E-state index in [0.717, 1.165) is 25.4 Å². The number of piperazine rings is 1. The highest BCUT2D eigenvalue weighted by molar-refractivity contribution is 5.92. The van der Waals surface area contributed by atoms with Crippen molar-refractivity contribution >= 4 is 5.91 Å². The third kappa shape index (κ3) is 4.40. The molecule has 146 valence electrons. The standard InChI is InChI=1S/C20H21FN4O3/c21-16-3-5-17(6-4-16)28-15-25-8-7-19(22-25)20(26)24-11-9-23(10-12-24)14-18-2-1-13-27-18/h1-8,13H,9-12,14-15H2. The van der Waals surface area contributed by atoms with E-state index in [1.54, 1.807) is 35.3 Å². The Morgan fingerprint density at radius 2 is 1.89 bits per heavy atom. The Morgan fingerprint density at radius 1 is 1.11 bits per heavy atom. The number of hydrogen-bond donors (Lipinski definition) is 0. The maximum atomic E-state index is 12.9. The highest BCUT2D eigenvalue weighted by Gasteiger charge is 2.24. The predicted molar refractivity (Wildman–Crippen MR) is 99.1 cm³/mol. The quantitative estimate of drug-likeness (QED) is 0.654. The highest BCUT2D eigenvalue weighted by Crippen LogP contribution is 2.13. The first-order chi connectivity index (χ1) is 13.7. The molecule has 0 bridgehead atoms. The van der Waals surface area contributed by atoms with Crippen LogP contribution in [0.2, 0.25) is 0 Å². The third-order valence-electron chi connectivity index (χ3n) is 4.66. The zero-order valence-electron chi connectivity index (χ0n) is 15.3. The van der Waals surface area contributed by atoms with Gasteiger partial charge in [0.2, 0.25) is 0 Å². The lowest BCUT2D eigenvalue weighted by Gasteiger charge is -2.33. The van der Waals surface area contributed by atoms with Crippen LogP contribution in [0.5, 0.6) is 5.75 Å². The third-order valence-corrected chi connectivity index (χ3v) is 4.66. The normalized spacial score (nSPS) is 15.0. The van der Waals surface area contributed by atoms with Crippen LogP contribution in [0.3, 0.4) is 0 Å². The molecule has 7 nitrogen and oxygen atoms in total. The molecule has 0 radical (unpaired) electrons. The molecule has 0 aliphatic carbocycles. The van der Waals surface area contributed by atoms with Crippen LogP contribution in [0.15, 0.2) is 59.3 Å². The Balaban J connectivity index is 1.27. The number of rotatable bonds is 6. The average Bonchev–Trinajstić information content (AvgIpc) is 3.40. The van der Waals surface area contributed by atoms with Gasteiger partial charge in [0, 0.05) is 32.4 Å². The van der Waals surface area contributed by atoms with E-state index < -0.39 is 0 Å². The Labute approximate surface area is 161 Å². The molecule has 0 spiro atoms. The van der Waals surface area contributed by atoms with Gasteiger partial charge in [-0.25, -0.2) is 9.07 Å². The van der Waals surface area contributed by atoms with Gasteiger partial charge in [0.15, 0.2) is 12.4 Å². The number of carbonyl (C=O) groups is 1. The van der Waals surface area contributed by atoms with Gasteiger partial charge >= 0.3 is 0 Å². The van der Waals surface area contributed by atoms with Crippen molar-refractivity contribution in [1.82, 2.24) is 19.6 Å². The number of halogens is 1. The van der Waals surface area contributed by atoms with Gasteiger partial charge in [-0.15, -0.1) is 0 Å². The molecule has 0 N–H and O–H groups in total. The van der Waals surface area contributed by atoms with E-state index >= 15 is 0 Å². The summed E-state index contributed by atoms with van der Waals surface area (Å²) in [5.41, 5.74) is 0.391. The molecule has 2 aromatic heterocycles. The summed E-state index contributed by atoms with van der Waals surface area (Å²) in [6, 6.07) is 11.3. The van der Waals surface area contributed by atoms with Gasteiger partial charge < -0.3 is 14.1 Å². The van der Waals surface area contributed by atoms with E-state index in [0.29, 0.717) is 24.5 Å². The second-order valence-electron chi connectivity index (χ2n) is 6.62. The van der Waals surface area contributed by atoms with Crippen molar-refractivity contribution < 1.29 is 18.3 Å². The molecular weight excluding hydrogens is 363 g/mol. The van der Waals surface area contributed by atoms with Crippen LogP contribution in [0.4, 0.5) is 4.39 Å². The second-order valence-corrected chi connectivity index (χ2v) is 6.62. The highest BCUT2D eigenvalue weighted by atomic mass is 19.1. The number of amides is 1. The zero-order chi connectivity index (χ0) is 19.3. The molecule has 3 aromatic rings. The molecule has 1 aromatic carbocycles. The minimum atomic E-state index is -0.316. The van der Waals surface area contributed by atoms with Crippen molar-refractivity contribution in [3.8, 4) is 5.75 Å². The molecular formula is C20H21FN4O3. The van der Waals surface area contributed by atoms with Crippen molar-refractivity contribution in [3.05, 3.63) is 72.2 Å². The molecule has 1 aliphatic heterocycles. The minimum absolute atomic E-state index is 0.0850. The molecule has 4 rings (SSSR count). The Kier molecular flexibility index (Phi) is 5.38. The van der Waals surface area contributed by atoms with Gasteiger partial charge in [-0.1, -0.05) is 0 Å². The zero-order valence-corrected chi connectivity index (χ0v) is 15.3. The topological polar surface area (TPSA) is 63.7 Å². The number of hydrogen-bond acceptors (Lipinski definition) is 5. The Morgan fingerprint density at radius 3 is 2.61 bits per heavy atom. The second kappa shape index (κ2) is 8.26. The fraction of sp³-hybridized carbons (Fsp3) is 0.300. The molecule has 3 heterocycles. The van der Waals surface area contributed by atoms with Gasteiger partial charge in [-0.05, 0) is 42.5 Å². The van der Waals surface area contributed by atoms with Crippen molar-refractivity contribution in [2.24, 2.45) is 0 Å². The first kappa shape index (κ1) is 18.2. The van der Waals surface area contributed by atoms with E-state index in [2.05, 4.69) is 10.00 Å². The largest absolute Gasteiger partial charge is 0.471 e. The lowest BCUT2D eigenvalue weighted by molar-refractivity contribution is 0.0612. The Bertz CT molecular complexity index is 900. The van der Waals surface area contributed by atoms with Gasteiger partial charge in [-0.2, -0.15) is 5.10 Å². The van der Waals surface area contributed by atoms with Crippen LogP contribution in [0.25, 0.3) is 0 Å². The lowest BCUT2D eigenvalue weighted by atomic mass is 10.2. The van der Waals surface area contributed by atoms with E-state index in [1.165, 1.54) is 12.1 Å².